The quantitative estimate of drug-likeness (QED) is 0.847. The summed E-state index contributed by atoms with van der Waals surface area (Å²) in [5, 5.41) is 0. The highest BCUT2D eigenvalue weighted by atomic mass is 16.2. The maximum absolute atomic E-state index is 12.0. The average molecular weight is 293 g/mol. The molecular formula is C18H19N3O. The van der Waals surface area contributed by atoms with Crippen molar-refractivity contribution in [2.45, 2.75) is 26.2 Å². The third-order valence-electron chi connectivity index (χ3n) is 3.70. The van der Waals surface area contributed by atoms with E-state index in [0.29, 0.717) is 17.1 Å². The van der Waals surface area contributed by atoms with E-state index in [9.17, 15) is 4.79 Å². The molecule has 22 heavy (non-hydrogen) atoms. The van der Waals surface area contributed by atoms with Gasteiger partial charge in [0.2, 0.25) is 0 Å². The van der Waals surface area contributed by atoms with Crippen LogP contribution < -0.4 is 10.9 Å². The van der Waals surface area contributed by atoms with E-state index in [4.69, 9.17) is 0 Å². The second-order valence-electron chi connectivity index (χ2n) is 6.38. The minimum absolute atomic E-state index is 0.109. The summed E-state index contributed by atoms with van der Waals surface area (Å²) in [4.78, 5) is 16.6. The van der Waals surface area contributed by atoms with E-state index < -0.39 is 0 Å². The standard InChI is InChI=1S/C18H19N3O/c1-18(2,3)13-10-8-12(9-11-13)16-19-15-7-5-4-6-14(15)17(22)21-20-16/h4-11H,1-3H3,(H,19,20)(H,21,22). The zero-order valence-corrected chi connectivity index (χ0v) is 13.0. The summed E-state index contributed by atoms with van der Waals surface area (Å²) in [6, 6.07) is 15.5. The third-order valence-corrected chi connectivity index (χ3v) is 3.70. The number of nitrogens with one attached hydrogen (secondary N) is 2. The van der Waals surface area contributed by atoms with Crippen LogP contribution >= 0.6 is 0 Å². The number of hydrogen-bond donors (Lipinski definition) is 2. The maximum Gasteiger partial charge on any atom is 0.271 e. The summed E-state index contributed by atoms with van der Waals surface area (Å²) in [5.41, 5.74) is 9.11. The van der Waals surface area contributed by atoms with Crippen molar-refractivity contribution in [3.63, 3.8) is 0 Å². The largest absolute Gasteiger partial charge is 0.281 e. The van der Waals surface area contributed by atoms with E-state index in [1.54, 1.807) is 6.07 Å². The molecule has 0 unspecified atom stereocenters. The van der Waals surface area contributed by atoms with Gasteiger partial charge in [0.25, 0.3) is 5.91 Å². The molecule has 0 radical (unpaired) electrons. The normalized spacial score (nSPS) is 14.3. The van der Waals surface area contributed by atoms with Crippen molar-refractivity contribution in [1.29, 1.82) is 0 Å². The first-order valence-electron chi connectivity index (χ1n) is 7.30. The number of rotatable bonds is 1. The molecule has 0 bridgehead atoms. The zero-order chi connectivity index (χ0) is 15.7. The van der Waals surface area contributed by atoms with Crippen LogP contribution in [0, 0.1) is 0 Å². The number of nitrogens with zero attached hydrogens (tertiary/aromatic N) is 1. The Labute approximate surface area is 130 Å². The molecule has 0 atom stereocenters. The molecule has 2 aromatic rings. The summed E-state index contributed by atoms with van der Waals surface area (Å²) >= 11 is 0. The molecule has 0 spiro atoms. The number of amidine groups is 1. The average Bonchev–Trinajstić information content (AvgIpc) is 2.66. The third kappa shape index (κ3) is 2.72. The predicted molar refractivity (Wildman–Crippen MR) is 88.4 cm³/mol. The molecule has 2 aromatic carbocycles. The molecule has 0 saturated carbocycles. The fourth-order valence-corrected chi connectivity index (χ4v) is 2.36. The van der Waals surface area contributed by atoms with Crippen molar-refractivity contribution in [3.8, 4) is 0 Å². The topological polar surface area (TPSA) is 53.5 Å². The minimum atomic E-state index is -0.180. The lowest BCUT2D eigenvalue weighted by Crippen LogP contribution is -2.40. The van der Waals surface area contributed by atoms with E-state index in [1.807, 2.05) is 30.3 Å². The molecule has 0 saturated heterocycles. The summed E-state index contributed by atoms with van der Waals surface area (Å²) < 4.78 is 0. The molecule has 1 amide bonds. The van der Waals surface area contributed by atoms with Gasteiger partial charge in [-0.25, -0.2) is 4.99 Å². The van der Waals surface area contributed by atoms with Gasteiger partial charge in [0.15, 0.2) is 5.84 Å². The van der Waals surface area contributed by atoms with Crippen molar-refractivity contribution in [1.82, 2.24) is 10.9 Å². The van der Waals surface area contributed by atoms with Gasteiger partial charge >= 0.3 is 0 Å². The van der Waals surface area contributed by atoms with Gasteiger partial charge in [0, 0.05) is 5.56 Å². The monoisotopic (exact) mass is 293 g/mol. The number of hydrazine groups is 1. The fourth-order valence-electron chi connectivity index (χ4n) is 2.36. The highest BCUT2D eigenvalue weighted by Gasteiger charge is 2.18. The molecule has 0 aliphatic carbocycles. The summed E-state index contributed by atoms with van der Waals surface area (Å²) in [6.45, 7) is 6.54. The number of para-hydroxylation sites is 1. The lowest BCUT2D eigenvalue weighted by molar-refractivity contribution is 0.0946. The van der Waals surface area contributed by atoms with Gasteiger partial charge in [0.05, 0.1) is 11.3 Å². The Hall–Kier alpha value is -2.62. The molecule has 3 rings (SSSR count). The van der Waals surface area contributed by atoms with Crippen molar-refractivity contribution in [2.75, 3.05) is 0 Å². The van der Waals surface area contributed by atoms with Crippen molar-refractivity contribution >= 4 is 17.4 Å². The van der Waals surface area contributed by atoms with Crippen LogP contribution in [0.2, 0.25) is 0 Å². The smallest absolute Gasteiger partial charge is 0.271 e. The lowest BCUT2D eigenvalue weighted by Gasteiger charge is -2.19. The van der Waals surface area contributed by atoms with Gasteiger partial charge in [-0.15, -0.1) is 0 Å². The Morgan fingerprint density at radius 3 is 2.27 bits per heavy atom. The Bertz CT molecular complexity index is 740. The SMILES string of the molecule is CC(C)(C)c1ccc(C2=Nc3ccccc3C(=O)NN2)cc1. The van der Waals surface area contributed by atoms with Crippen molar-refractivity contribution in [2.24, 2.45) is 4.99 Å². The van der Waals surface area contributed by atoms with Crippen LogP contribution in [0.5, 0.6) is 0 Å². The van der Waals surface area contributed by atoms with Crippen molar-refractivity contribution in [3.05, 3.63) is 65.2 Å². The molecule has 4 nitrogen and oxygen atoms in total. The van der Waals surface area contributed by atoms with Gasteiger partial charge in [-0.3, -0.25) is 15.6 Å². The lowest BCUT2D eigenvalue weighted by atomic mass is 9.86. The Balaban J connectivity index is 1.99. The highest BCUT2D eigenvalue weighted by Crippen LogP contribution is 2.24. The predicted octanol–water partition coefficient (Wildman–Crippen LogP) is 3.31. The van der Waals surface area contributed by atoms with Crippen molar-refractivity contribution < 1.29 is 4.79 Å². The van der Waals surface area contributed by atoms with Gasteiger partial charge in [0.1, 0.15) is 0 Å². The van der Waals surface area contributed by atoms with Gasteiger partial charge in [-0.05, 0) is 23.1 Å². The second-order valence-corrected chi connectivity index (χ2v) is 6.38. The molecule has 0 aromatic heterocycles. The number of aliphatic imine (C=N–C) groups is 1. The molecule has 4 heteroatoms. The van der Waals surface area contributed by atoms with Crippen LogP contribution in [0.15, 0.2) is 53.5 Å². The number of amides is 1. The molecule has 1 heterocycles. The van der Waals surface area contributed by atoms with Crippen LogP contribution in [0.1, 0.15) is 42.3 Å². The first kappa shape index (κ1) is 14.3. The minimum Gasteiger partial charge on any atom is -0.281 e. The maximum atomic E-state index is 12.0. The van der Waals surface area contributed by atoms with Gasteiger partial charge in [-0.1, -0.05) is 57.2 Å². The Kier molecular flexibility index (Phi) is 3.45. The van der Waals surface area contributed by atoms with Crippen LogP contribution in [0.4, 0.5) is 5.69 Å². The summed E-state index contributed by atoms with van der Waals surface area (Å²) in [6.07, 6.45) is 0. The summed E-state index contributed by atoms with van der Waals surface area (Å²) in [7, 11) is 0. The van der Waals surface area contributed by atoms with E-state index in [-0.39, 0.29) is 11.3 Å². The highest BCUT2D eigenvalue weighted by molar-refractivity contribution is 6.07. The Morgan fingerprint density at radius 1 is 0.909 bits per heavy atom. The Morgan fingerprint density at radius 2 is 1.59 bits per heavy atom. The van der Waals surface area contributed by atoms with E-state index in [0.717, 1.165) is 5.56 Å². The molecule has 2 N–H and O–H groups in total. The second kappa shape index (κ2) is 5.30. The fraction of sp³-hybridized carbons (Fsp3) is 0.222. The van der Waals surface area contributed by atoms with E-state index >= 15 is 0 Å². The molecule has 1 aliphatic rings. The van der Waals surface area contributed by atoms with Crippen LogP contribution in [0.3, 0.4) is 0 Å². The first-order valence-corrected chi connectivity index (χ1v) is 7.30. The van der Waals surface area contributed by atoms with Crippen LogP contribution in [-0.2, 0) is 5.41 Å². The molecule has 1 aliphatic heterocycles. The number of fused-ring (bicyclic) bond motifs is 1. The van der Waals surface area contributed by atoms with Crippen LogP contribution in [-0.4, -0.2) is 11.7 Å². The number of carbonyl (C=O) groups is 1. The van der Waals surface area contributed by atoms with E-state index in [1.165, 1.54) is 5.56 Å². The molecule has 0 fully saturated rings. The number of benzene rings is 2. The summed E-state index contributed by atoms with van der Waals surface area (Å²) in [5.74, 6) is 0.458. The van der Waals surface area contributed by atoms with Gasteiger partial charge in [-0.2, -0.15) is 0 Å². The first-order chi connectivity index (χ1) is 10.4. The van der Waals surface area contributed by atoms with Gasteiger partial charge < -0.3 is 0 Å². The zero-order valence-electron chi connectivity index (χ0n) is 13.0. The number of carbonyl (C=O) groups excluding carboxylic acids is 1. The number of hydrogen-bond acceptors (Lipinski definition) is 3. The molecule has 112 valence electrons. The van der Waals surface area contributed by atoms with E-state index in [2.05, 4.69) is 48.7 Å². The van der Waals surface area contributed by atoms with Crippen LogP contribution in [0.25, 0.3) is 0 Å². The molecular weight excluding hydrogens is 274 g/mol.